The third kappa shape index (κ3) is 4.30. The lowest BCUT2D eigenvalue weighted by molar-refractivity contribution is -0.00744. The maximum atomic E-state index is 5.59. The summed E-state index contributed by atoms with van der Waals surface area (Å²) in [6.45, 7) is 6.61. The van der Waals surface area contributed by atoms with E-state index in [1.165, 1.54) is 24.1 Å². The van der Waals surface area contributed by atoms with Crippen LogP contribution in [-0.4, -0.2) is 44.8 Å². The maximum absolute atomic E-state index is 5.59. The summed E-state index contributed by atoms with van der Waals surface area (Å²) in [4.78, 5) is 2.51. The van der Waals surface area contributed by atoms with Crippen LogP contribution in [-0.2, 0) is 17.7 Å². The zero-order chi connectivity index (χ0) is 14.4. The van der Waals surface area contributed by atoms with Crippen LogP contribution < -0.4 is 5.32 Å². The molecule has 0 aromatic heterocycles. The van der Waals surface area contributed by atoms with Gasteiger partial charge in [-0.25, -0.2) is 0 Å². The van der Waals surface area contributed by atoms with Crippen LogP contribution >= 0.6 is 0 Å². The molecule has 1 aliphatic heterocycles. The third-order valence-electron chi connectivity index (χ3n) is 4.37. The Kier molecular flexibility index (Phi) is 6.02. The minimum atomic E-state index is 0.388. The predicted molar refractivity (Wildman–Crippen MR) is 83.9 cm³/mol. The van der Waals surface area contributed by atoms with Crippen LogP contribution in [0.4, 0.5) is 0 Å². The molecule has 112 valence electrons. The summed E-state index contributed by atoms with van der Waals surface area (Å²) in [7, 11) is 3.83. The van der Waals surface area contributed by atoms with Crippen molar-refractivity contribution < 1.29 is 4.74 Å². The molecule has 0 aliphatic carbocycles. The summed E-state index contributed by atoms with van der Waals surface area (Å²) in [5, 5.41) is 3.19. The van der Waals surface area contributed by atoms with Gasteiger partial charge in [0.2, 0.25) is 0 Å². The fourth-order valence-electron chi connectivity index (χ4n) is 2.89. The summed E-state index contributed by atoms with van der Waals surface area (Å²) in [6.07, 6.45) is 2.72. The Morgan fingerprint density at radius 2 is 1.95 bits per heavy atom. The van der Waals surface area contributed by atoms with Gasteiger partial charge in [-0.15, -0.1) is 0 Å². The number of likely N-dealkylation sites (tertiary alicyclic amines) is 1. The van der Waals surface area contributed by atoms with Gasteiger partial charge in [0.05, 0.1) is 6.10 Å². The summed E-state index contributed by atoms with van der Waals surface area (Å²) >= 11 is 0. The zero-order valence-corrected chi connectivity index (χ0v) is 13.1. The number of ether oxygens (including phenoxy) is 1. The molecule has 0 spiro atoms. The van der Waals surface area contributed by atoms with E-state index in [4.69, 9.17) is 4.74 Å². The molecular formula is C17H28N2O. The van der Waals surface area contributed by atoms with Crippen molar-refractivity contribution in [1.29, 1.82) is 0 Å². The SMILES string of the molecule is CNCCc1ccc(CN2CCC(C)C(OC)C2)cc1. The molecule has 0 saturated carbocycles. The van der Waals surface area contributed by atoms with Crippen LogP contribution in [0.15, 0.2) is 24.3 Å². The molecular weight excluding hydrogens is 248 g/mol. The molecule has 1 aromatic carbocycles. The standard InChI is InChI=1S/C17H28N2O/c1-14-9-11-19(13-17(14)20-3)12-16-6-4-15(5-7-16)8-10-18-2/h4-7,14,17-18H,8-13H2,1-3H3. The van der Waals surface area contributed by atoms with Gasteiger partial charge in [-0.05, 0) is 50.0 Å². The van der Waals surface area contributed by atoms with Gasteiger partial charge in [0.15, 0.2) is 0 Å². The Morgan fingerprint density at radius 3 is 2.60 bits per heavy atom. The van der Waals surface area contributed by atoms with E-state index in [0.29, 0.717) is 12.0 Å². The second-order valence-corrected chi connectivity index (χ2v) is 5.95. The fourth-order valence-corrected chi connectivity index (χ4v) is 2.89. The second kappa shape index (κ2) is 7.77. The average Bonchev–Trinajstić information content (AvgIpc) is 2.48. The van der Waals surface area contributed by atoms with Crippen molar-refractivity contribution in [2.45, 2.75) is 32.4 Å². The van der Waals surface area contributed by atoms with E-state index < -0.39 is 0 Å². The first-order chi connectivity index (χ1) is 9.72. The maximum Gasteiger partial charge on any atom is 0.0724 e. The number of nitrogens with one attached hydrogen (secondary N) is 1. The van der Waals surface area contributed by atoms with Crippen LogP contribution in [0.2, 0.25) is 0 Å². The molecule has 2 rings (SSSR count). The number of benzene rings is 1. The van der Waals surface area contributed by atoms with Crippen molar-refractivity contribution >= 4 is 0 Å². The average molecular weight is 276 g/mol. The second-order valence-electron chi connectivity index (χ2n) is 5.95. The Morgan fingerprint density at radius 1 is 1.25 bits per heavy atom. The van der Waals surface area contributed by atoms with Crippen molar-refractivity contribution in [2.75, 3.05) is 33.8 Å². The van der Waals surface area contributed by atoms with Gasteiger partial charge < -0.3 is 10.1 Å². The molecule has 1 N–H and O–H groups in total. The van der Waals surface area contributed by atoms with Crippen LogP contribution in [0.3, 0.4) is 0 Å². The van der Waals surface area contributed by atoms with Crippen LogP contribution in [0.1, 0.15) is 24.5 Å². The topological polar surface area (TPSA) is 24.5 Å². The van der Waals surface area contributed by atoms with Gasteiger partial charge in [-0.1, -0.05) is 31.2 Å². The van der Waals surface area contributed by atoms with Crippen molar-refractivity contribution in [3.05, 3.63) is 35.4 Å². The van der Waals surface area contributed by atoms with E-state index in [1.807, 2.05) is 14.2 Å². The van der Waals surface area contributed by atoms with Crippen molar-refractivity contribution in [1.82, 2.24) is 10.2 Å². The summed E-state index contributed by atoms with van der Waals surface area (Å²) in [5.74, 6) is 0.681. The first-order valence-corrected chi connectivity index (χ1v) is 7.70. The van der Waals surface area contributed by atoms with Gasteiger partial charge in [0.25, 0.3) is 0 Å². The van der Waals surface area contributed by atoms with Crippen molar-refractivity contribution in [3.63, 3.8) is 0 Å². The number of hydrogen-bond donors (Lipinski definition) is 1. The van der Waals surface area contributed by atoms with E-state index >= 15 is 0 Å². The molecule has 1 fully saturated rings. The number of piperidine rings is 1. The Hall–Kier alpha value is -0.900. The Balaban J connectivity index is 1.86. The monoisotopic (exact) mass is 276 g/mol. The summed E-state index contributed by atoms with van der Waals surface area (Å²) < 4.78 is 5.59. The number of nitrogens with zero attached hydrogens (tertiary/aromatic N) is 1. The minimum Gasteiger partial charge on any atom is -0.380 e. The highest BCUT2D eigenvalue weighted by molar-refractivity contribution is 5.22. The molecule has 2 unspecified atom stereocenters. The van der Waals surface area contributed by atoms with E-state index in [2.05, 4.69) is 41.4 Å². The number of methoxy groups -OCH3 is 1. The summed E-state index contributed by atoms with van der Waals surface area (Å²) in [6, 6.07) is 9.05. The van der Waals surface area contributed by atoms with E-state index in [9.17, 15) is 0 Å². The Bertz CT molecular complexity index is 390. The van der Waals surface area contributed by atoms with Crippen molar-refractivity contribution in [2.24, 2.45) is 5.92 Å². The molecule has 20 heavy (non-hydrogen) atoms. The molecule has 2 atom stereocenters. The normalized spacial score (nSPS) is 23.9. The number of likely N-dealkylation sites (N-methyl/N-ethyl adjacent to an activating group) is 1. The van der Waals surface area contributed by atoms with E-state index in [-0.39, 0.29) is 0 Å². The smallest absolute Gasteiger partial charge is 0.0724 e. The molecule has 0 bridgehead atoms. The van der Waals surface area contributed by atoms with Gasteiger partial charge in [-0.3, -0.25) is 4.90 Å². The van der Waals surface area contributed by atoms with Crippen LogP contribution in [0.5, 0.6) is 0 Å². The lowest BCUT2D eigenvalue weighted by Gasteiger charge is -2.36. The third-order valence-corrected chi connectivity index (χ3v) is 4.37. The zero-order valence-electron chi connectivity index (χ0n) is 13.1. The molecule has 3 nitrogen and oxygen atoms in total. The largest absolute Gasteiger partial charge is 0.380 e. The number of rotatable bonds is 6. The quantitative estimate of drug-likeness (QED) is 0.863. The minimum absolute atomic E-state index is 0.388. The fraction of sp³-hybridized carbons (Fsp3) is 0.647. The van der Waals surface area contributed by atoms with Crippen LogP contribution in [0.25, 0.3) is 0 Å². The first-order valence-electron chi connectivity index (χ1n) is 7.70. The Labute approximate surface area is 123 Å². The molecule has 1 aromatic rings. The molecule has 1 saturated heterocycles. The van der Waals surface area contributed by atoms with E-state index in [1.54, 1.807) is 0 Å². The van der Waals surface area contributed by atoms with Gasteiger partial charge in [0.1, 0.15) is 0 Å². The highest BCUT2D eigenvalue weighted by Crippen LogP contribution is 2.21. The molecule has 0 radical (unpaired) electrons. The lowest BCUT2D eigenvalue weighted by atomic mass is 9.95. The van der Waals surface area contributed by atoms with E-state index in [0.717, 1.165) is 26.1 Å². The van der Waals surface area contributed by atoms with Gasteiger partial charge in [-0.2, -0.15) is 0 Å². The van der Waals surface area contributed by atoms with Gasteiger partial charge >= 0.3 is 0 Å². The number of hydrogen-bond acceptors (Lipinski definition) is 3. The highest BCUT2D eigenvalue weighted by atomic mass is 16.5. The first kappa shape index (κ1) is 15.5. The summed E-state index contributed by atoms with van der Waals surface area (Å²) in [5.41, 5.74) is 2.81. The van der Waals surface area contributed by atoms with Crippen molar-refractivity contribution in [3.8, 4) is 0 Å². The molecule has 0 amide bonds. The molecule has 1 aliphatic rings. The lowest BCUT2D eigenvalue weighted by Crippen LogP contribution is -2.43. The highest BCUT2D eigenvalue weighted by Gasteiger charge is 2.25. The predicted octanol–water partition coefficient (Wildman–Crippen LogP) is 2.31. The molecule has 1 heterocycles. The van der Waals surface area contributed by atoms with Gasteiger partial charge in [0, 0.05) is 20.2 Å². The van der Waals surface area contributed by atoms with Crippen LogP contribution in [0, 0.1) is 5.92 Å². The molecule has 3 heteroatoms.